The van der Waals surface area contributed by atoms with E-state index in [0.717, 1.165) is 16.9 Å². The summed E-state index contributed by atoms with van der Waals surface area (Å²) in [6.45, 7) is 47.7. The van der Waals surface area contributed by atoms with E-state index < -0.39 is 11.9 Å². The second-order valence-corrected chi connectivity index (χ2v) is 9.00. The summed E-state index contributed by atoms with van der Waals surface area (Å²) in [6, 6.07) is 19.7. The molecule has 53 heavy (non-hydrogen) atoms. The molecule has 6 radical (unpaired) electrons. The van der Waals surface area contributed by atoms with Crippen molar-refractivity contribution >= 4 is 28.0 Å². The Morgan fingerprint density at radius 1 is 0.509 bits per heavy atom. The molecule has 0 saturated carbocycles. The fourth-order valence-electron chi connectivity index (χ4n) is 2.93. The molecule has 9 heteroatoms. The summed E-state index contributed by atoms with van der Waals surface area (Å²) >= 11 is 0. The molecule has 5 nitrogen and oxygen atoms in total. The van der Waals surface area contributed by atoms with Crippen molar-refractivity contribution in [3.63, 3.8) is 0 Å². The first-order chi connectivity index (χ1) is 24.2. The van der Waals surface area contributed by atoms with Gasteiger partial charge in [-0.2, -0.15) is 49.2 Å². The molecule has 0 bridgehead atoms. The standard InChI is InChI=1S/C12H18O.2C7H7.2C4H5BO2.5C2H6.2Y/c1-7-8(2)10(4)12(13-6)11(5)9(7)3;2*1-7-5-3-2-4-6-7;2*1-3(2)4(6)7-5;5*1-2;;/h1-6H3;2*2-6H,1H2;2*1H2,2H3;5*1-2H3;;/q;2*-1;;;;;;;;;. The van der Waals surface area contributed by atoms with Crippen molar-refractivity contribution in [2.75, 3.05) is 7.11 Å². The predicted octanol–water partition coefficient (Wildman–Crippen LogP) is 12.5. The van der Waals surface area contributed by atoms with E-state index in [-0.39, 0.29) is 65.4 Å². The molecular weight excluding hydrogens is 808 g/mol. The van der Waals surface area contributed by atoms with E-state index in [4.69, 9.17) is 4.74 Å². The van der Waals surface area contributed by atoms with Crippen LogP contribution >= 0.6 is 0 Å². The Labute approximate surface area is 382 Å². The normalized spacial score (nSPS) is 7.36. The summed E-state index contributed by atoms with van der Waals surface area (Å²) in [5, 5.41) is 0. The van der Waals surface area contributed by atoms with Crippen LogP contribution < -0.4 is 4.74 Å². The Kier molecular flexibility index (Phi) is 74.0. The molecule has 3 aromatic carbocycles. The van der Waals surface area contributed by atoms with Crippen LogP contribution in [-0.4, -0.2) is 35.1 Å². The topological polar surface area (TPSA) is 61.8 Å². The Morgan fingerprint density at radius 2 is 0.717 bits per heavy atom. The van der Waals surface area contributed by atoms with Crippen molar-refractivity contribution < 1.29 is 89.1 Å². The van der Waals surface area contributed by atoms with Crippen LogP contribution in [0.5, 0.6) is 5.75 Å². The predicted molar refractivity (Wildman–Crippen MR) is 229 cm³/mol. The molecule has 0 heterocycles. The molecule has 0 amide bonds. The van der Waals surface area contributed by atoms with Crippen molar-refractivity contribution in [2.24, 2.45) is 0 Å². The first-order valence-corrected chi connectivity index (χ1v) is 17.6. The number of carbonyl (C=O) groups is 2. The van der Waals surface area contributed by atoms with Gasteiger partial charge in [0, 0.05) is 76.6 Å². The third kappa shape index (κ3) is 42.6. The molecule has 3 rings (SSSR count). The zero-order chi connectivity index (χ0) is 42.1. The van der Waals surface area contributed by atoms with Crippen LogP contribution in [0.1, 0.15) is 122 Å². The van der Waals surface area contributed by atoms with Crippen molar-refractivity contribution in [1.29, 1.82) is 0 Å². The first-order valence-electron chi connectivity index (χ1n) is 17.6. The van der Waals surface area contributed by atoms with Crippen molar-refractivity contribution in [1.82, 2.24) is 0 Å². The molecule has 0 atom stereocenters. The van der Waals surface area contributed by atoms with Gasteiger partial charge in [0.2, 0.25) is 0 Å². The molecule has 292 valence electrons. The summed E-state index contributed by atoms with van der Waals surface area (Å²) in [5.41, 5.74) is 9.37. The van der Waals surface area contributed by atoms with Crippen LogP contribution in [0.2, 0.25) is 0 Å². The SMILES string of the molecule is CC.CC.CC.CC.CC.COc1c(C)c(C)c(C)c(C)c1C.[B]OC(=O)C(=C)C.[B]OC(=O)C(=C)C.[CH2-]c1ccccc1.[CH2-]c1ccccc1.[Y].[Y]. The summed E-state index contributed by atoms with van der Waals surface area (Å²) in [4.78, 5) is 20.1. The van der Waals surface area contributed by atoms with Crippen LogP contribution in [0.15, 0.2) is 85.0 Å². The molecule has 3 aromatic rings. The summed E-state index contributed by atoms with van der Waals surface area (Å²) in [7, 11) is 10.7. The molecule has 0 N–H and O–H groups in total. The summed E-state index contributed by atoms with van der Waals surface area (Å²) in [5.74, 6) is -0.0967. The number of rotatable bonds is 3. The van der Waals surface area contributed by atoms with Gasteiger partial charge >= 0.3 is 28.0 Å². The zero-order valence-corrected chi connectivity index (χ0v) is 42.6. The molecule has 0 spiro atoms. The Morgan fingerprint density at radius 3 is 0.830 bits per heavy atom. The second-order valence-electron chi connectivity index (χ2n) is 9.00. The van der Waals surface area contributed by atoms with Crippen LogP contribution in [0.25, 0.3) is 0 Å². The summed E-state index contributed by atoms with van der Waals surface area (Å²) < 4.78 is 12.9. The molecule has 0 aliphatic rings. The van der Waals surface area contributed by atoms with Gasteiger partial charge in [0.25, 0.3) is 0 Å². The molecule has 0 unspecified atom stereocenters. The summed E-state index contributed by atoms with van der Waals surface area (Å²) in [6.07, 6.45) is 0. The minimum Gasteiger partial charge on any atom is -0.540 e. The van der Waals surface area contributed by atoms with Gasteiger partial charge in [-0.25, -0.2) is 9.59 Å². The smallest absolute Gasteiger partial charge is 0.378 e. The van der Waals surface area contributed by atoms with E-state index in [2.05, 4.69) is 87.0 Å². The van der Waals surface area contributed by atoms with E-state index >= 15 is 0 Å². The van der Waals surface area contributed by atoms with Crippen LogP contribution in [-0.2, 0) is 84.3 Å². The average molecular weight is 880 g/mol. The minimum absolute atomic E-state index is 0. The number of benzene rings is 3. The monoisotopic (exact) mass is 880 g/mol. The minimum atomic E-state index is -0.569. The molecule has 0 aliphatic heterocycles. The third-order valence-electron chi connectivity index (χ3n) is 5.73. The van der Waals surface area contributed by atoms with Gasteiger partial charge < -0.3 is 14.0 Å². The van der Waals surface area contributed by atoms with Gasteiger partial charge in [-0.15, -0.1) is 24.3 Å². The second kappa shape index (κ2) is 54.3. The van der Waals surface area contributed by atoms with Crippen molar-refractivity contribution in [3.8, 4) is 5.75 Å². The van der Waals surface area contributed by atoms with Crippen LogP contribution in [0, 0.1) is 48.5 Å². The van der Waals surface area contributed by atoms with Gasteiger partial charge in [-0.3, -0.25) is 0 Å². The molecular formula is C44H72B2O5Y2-2. The quantitative estimate of drug-likeness (QED) is 0.149. The van der Waals surface area contributed by atoms with Gasteiger partial charge in [0.15, 0.2) is 0 Å². The molecule has 0 fully saturated rings. The number of hydrogen-bond acceptors (Lipinski definition) is 5. The number of ether oxygens (including phenoxy) is 1. The number of hydrogen-bond donors (Lipinski definition) is 0. The van der Waals surface area contributed by atoms with Crippen molar-refractivity contribution in [3.05, 3.63) is 138 Å². The van der Waals surface area contributed by atoms with E-state index in [1.54, 1.807) is 7.11 Å². The maximum absolute atomic E-state index is 10.1. The maximum Gasteiger partial charge on any atom is 0.378 e. The van der Waals surface area contributed by atoms with Crippen molar-refractivity contribution in [2.45, 2.75) is 118 Å². The Balaban J connectivity index is -0.0000000621. The molecule has 0 saturated heterocycles. The average Bonchev–Trinajstić information content (AvgIpc) is 3.18. The van der Waals surface area contributed by atoms with Crippen LogP contribution in [0.4, 0.5) is 0 Å². The maximum atomic E-state index is 10.1. The first kappa shape index (κ1) is 72.2. The van der Waals surface area contributed by atoms with Crippen LogP contribution in [0.3, 0.4) is 0 Å². The molecule has 0 aromatic heterocycles. The van der Waals surface area contributed by atoms with Gasteiger partial charge in [0.1, 0.15) is 5.75 Å². The Hall–Kier alpha value is -2.04. The van der Waals surface area contributed by atoms with Gasteiger partial charge in [-0.1, -0.05) is 94.5 Å². The van der Waals surface area contributed by atoms with E-state index in [1.807, 2.05) is 130 Å². The van der Waals surface area contributed by atoms with E-state index in [1.165, 1.54) is 41.7 Å². The fourth-order valence-corrected chi connectivity index (χ4v) is 2.93. The largest absolute Gasteiger partial charge is 0.540 e. The fraction of sp³-hybridized carbons (Fsp3) is 0.409. The van der Waals surface area contributed by atoms with Gasteiger partial charge in [0.05, 0.1) is 7.11 Å². The third-order valence-corrected chi connectivity index (χ3v) is 5.73. The molecule has 0 aliphatic carbocycles. The number of carbonyl (C=O) groups excluding carboxylic acids is 2. The zero-order valence-electron chi connectivity index (χ0n) is 37.0. The Bertz CT molecular complexity index is 1160. The van der Waals surface area contributed by atoms with E-state index in [0.29, 0.717) is 11.1 Å². The van der Waals surface area contributed by atoms with E-state index in [9.17, 15) is 9.59 Å². The number of methoxy groups -OCH3 is 1. The van der Waals surface area contributed by atoms with Gasteiger partial charge in [-0.05, 0) is 76.3 Å².